The summed E-state index contributed by atoms with van der Waals surface area (Å²) in [6, 6.07) is 0. The van der Waals surface area contributed by atoms with E-state index >= 15 is 0 Å². The molecule has 0 radical (unpaired) electrons. The molecule has 1 atom stereocenters. The van der Waals surface area contributed by atoms with Gasteiger partial charge in [0.2, 0.25) is 5.91 Å². The van der Waals surface area contributed by atoms with Gasteiger partial charge in [-0.05, 0) is 32.1 Å². The summed E-state index contributed by atoms with van der Waals surface area (Å²) >= 11 is 0. The third kappa shape index (κ3) is 4.81. The summed E-state index contributed by atoms with van der Waals surface area (Å²) in [6.07, 6.45) is 10.4. The minimum absolute atomic E-state index is 0.0995. The van der Waals surface area contributed by atoms with E-state index in [-0.39, 0.29) is 11.8 Å². The zero-order valence-corrected chi connectivity index (χ0v) is 11.7. The fourth-order valence-electron chi connectivity index (χ4n) is 2.66. The zero-order valence-electron chi connectivity index (χ0n) is 11.7. The van der Waals surface area contributed by atoms with Crippen molar-refractivity contribution in [3.05, 3.63) is 12.2 Å². The Morgan fingerprint density at radius 3 is 2.50 bits per heavy atom. The molecule has 104 valence electrons. The first kappa shape index (κ1) is 15.2. The average Bonchev–Trinajstić information content (AvgIpc) is 2.38. The number of carbonyl (C=O) groups is 1. The van der Waals surface area contributed by atoms with Crippen molar-refractivity contribution in [3.63, 3.8) is 0 Å². The van der Waals surface area contributed by atoms with Crippen LogP contribution in [-0.4, -0.2) is 23.2 Å². The minimum atomic E-state index is -0.719. The predicted octanol–water partition coefficient (Wildman–Crippen LogP) is 2.79. The number of nitrogens with one attached hydrogen (secondary N) is 1. The third-order valence-electron chi connectivity index (χ3n) is 3.66. The quantitative estimate of drug-likeness (QED) is 0.685. The van der Waals surface area contributed by atoms with Crippen molar-refractivity contribution in [1.29, 1.82) is 0 Å². The number of hydrogen-bond donors (Lipinski definition) is 2. The van der Waals surface area contributed by atoms with Gasteiger partial charge in [-0.3, -0.25) is 4.79 Å². The van der Waals surface area contributed by atoms with E-state index in [4.69, 9.17) is 0 Å². The van der Waals surface area contributed by atoms with Crippen molar-refractivity contribution in [2.75, 3.05) is 6.54 Å². The summed E-state index contributed by atoms with van der Waals surface area (Å²) in [5, 5.41) is 13.4. The normalized spacial score (nSPS) is 19.8. The van der Waals surface area contributed by atoms with Gasteiger partial charge in [-0.15, -0.1) is 0 Å². The number of carbonyl (C=O) groups excluding carboxylic acids is 1. The van der Waals surface area contributed by atoms with Crippen LogP contribution in [0.5, 0.6) is 0 Å². The van der Waals surface area contributed by atoms with Gasteiger partial charge in [-0.25, -0.2) is 0 Å². The number of rotatable bonds is 7. The van der Waals surface area contributed by atoms with Crippen LogP contribution in [0.15, 0.2) is 12.2 Å². The molecular formula is C15H27NO2. The van der Waals surface area contributed by atoms with Gasteiger partial charge in [0.1, 0.15) is 0 Å². The first-order valence-corrected chi connectivity index (χ1v) is 7.26. The molecule has 0 fully saturated rings. The zero-order chi connectivity index (χ0) is 13.4. The molecule has 2 N–H and O–H groups in total. The molecule has 1 rings (SSSR count). The maximum atomic E-state index is 12.0. The Labute approximate surface area is 111 Å². The molecule has 1 aliphatic rings. The summed E-state index contributed by atoms with van der Waals surface area (Å²) in [5.41, 5.74) is -0.719. The Balaban J connectivity index is 2.41. The lowest BCUT2D eigenvalue weighted by atomic mass is 9.91. The SMILES string of the molecule is CCCC(O)(CCC)CNC(=O)[C@H]1CC=CCC1. The lowest BCUT2D eigenvalue weighted by molar-refractivity contribution is -0.126. The van der Waals surface area contributed by atoms with E-state index in [0.29, 0.717) is 6.54 Å². The summed E-state index contributed by atoms with van der Waals surface area (Å²) in [5.74, 6) is 0.201. The van der Waals surface area contributed by atoms with Crippen LogP contribution in [0.25, 0.3) is 0 Å². The van der Waals surface area contributed by atoms with Gasteiger partial charge in [-0.1, -0.05) is 38.8 Å². The van der Waals surface area contributed by atoms with Crippen LogP contribution in [0.3, 0.4) is 0 Å². The molecule has 0 aromatic rings. The van der Waals surface area contributed by atoms with Crippen molar-refractivity contribution in [3.8, 4) is 0 Å². The molecule has 0 aromatic carbocycles. The smallest absolute Gasteiger partial charge is 0.223 e. The van der Waals surface area contributed by atoms with Crippen LogP contribution in [0.1, 0.15) is 58.8 Å². The molecule has 0 aromatic heterocycles. The van der Waals surface area contributed by atoms with E-state index < -0.39 is 5.60 Å². The maximum absolute atomic E-state index is 12.0. The Morgan fingerprint density at radius 2 is 2.00 bits per heavy atom. The Morgan fingerprint density at radius 1 is 1.33 bits per heavy atom. The first-order valence-electron chi connectivity index (χ1n) is 7.26. The van der Waals surface area contributed by atoms with Crippen molar-refractivity contribution in [2.45, 2.75) is 64.4 Å². The molecule has 0 saturated carbocycles. The molecule has 0 saturated heterocycles. The lowest BCUT2D eigenvalue weighted by Crippen LogP contribution is -2.44. The maximum Gasteiger partial charge on any atom is 0.223 e. The van der Waals surface area contributed by atoms with Crippen LogP contribution < -0.4 is 5.32 Å². The monoisotopic (exact) mass is 253 g/mol. The number of amides is 1. The summed E-state index contributed by atoms with van der Waals surface area (Å²) < 4.78 is 0. The number of hydrogen-bond acceptors (Lipinski definition) is 2. The second-order valence-electron chi connectivity index (χ2n) is 5.42. The highest BCUT2D eigenvalue weighted by Gasteiger charge is 2.27. The van der Waals surface area contributed by atoms with Gasteiger partial charge in [0, 0.05) is 12.5 Å². The summed E-state index contributed by atoms with van der Waals surface area (Å²) in [7, 11) is 0. The highest BCUT2D eigenvalue weighted by molar-refractivity contribution is 5.79. The van der Waals surface area contributed by atoms with E-state index in [0.717, 1.165) is 44.9 Å². The second kappa shape index (κ2) is 7.57. The van der Waals surface area contributed by atoms with Crippen molar-refractivity contribution >= 4 is 5.91 Å². The van der Waals surface area contributed by atoms with Gasteiger partial charge in [0.25, 0.3) is 0 Å². The molecule has 1 amide bonds. The highest BCUT2D eigenvalue weighted by atomic mass is 16.3. The molecule has 0 unspecified atom stereocenters. The van der Waals surface area contributed by atoms with Crippen molar-refractivity contribution in [2.24, 2.45) is 5.92 Å². The Hall–Kier alpha value is -0.830. The standard InChI is InChI=1S/C15H27NO2/c1-3-10-15(18,11-4-2)12-16-14(17)13-8-6-5-7-9-13/h5-6,13,18H,3-4,7-12H2,1-2H3,(H,16,17)/t13-/m0/s1. The summed E-state index contributed by atoms with van der Waals surface area (Å²) in [6.45, 7) is 4.52. The largest absolute Gasteiger partial charge is 0.388 e. The molecule has 0 spiro atoms. The molecule has 1 aliphatic carbocycles. The lowest BCUT2D eigenvalue weighted by Gasteiger charge is -2.29. The van der Waals surface area contributed by atoms with Crippen molar-refractivity contribution in [1.82, 2.24) is 5.32 Å². The fourth-order valence-corrected chi connectivity index (χ4v) is 2.66. The molecule has 0 bridgehead atoms. The molecular weight excluding hydrogens is 226 g/mol. The minimum Gasteiger partial charge on any atom is -0.388 e. The van der Waals surface area contributed by atoms with Crippen LogP contribution in [0.4, 0.5) is 0 Å². The van der Waals surface area contributed by atoms with Gasteiger partial charge in [0.15, 0.2) is 0 Å². The predicted molar refractivity (Wildman–Crippen MR) is 74.3 cm³/mol. The van der Waals surface area contributed by atoms with Gasteiger partial charge in [-0.2, -0.15) is 0 Å². The van der Waals surface area contributed by atoms with E-state index in [1.807, 2.05) is 0 Å². The van der Waals surface area contributed by atoms with Crippen molar-refractivity contribution < 1.29 is 9.90 Å². The molecule has 18 heavy (non-hydrogen) atoms. The summed E-state index contributed by atoms with van der Waals surface area (Å²) in [4.78, 5) is 12.0. The van der Waals surface area contributed by atoms with Gasteiger partial charge in [0.05, 0.1) is 5.60 Å². The molecule has 0 aliphatic heterocycles. The second-order valence-corrected chi connectivity index (χ2v) is 5.42. The van der Waals surface area contributed by atoms with E-state index in [1.165, 1.54) is 0 Å². The number of aliphatic hydroxyl groups is 1. The van der Waals surface area contributed by atoms with Gasteiger partial charge >= 0.3 is 0 Å². The third-order valence-corrected chi connectivity index (χ3v) is 3.66. The van der Waals surface area contributed by atoms with Crippen LogP contribution >= 0.6 is 0 Å². The van der Waals surface area contributed by atoms with E-state index in [2.05, 4.69) is 31.3 Å². The van der Waals surface area contributed by atoms with Crippen LogP contribution in [-0.2, 0) is 4.79 Å². The number of allylic oxidation sites excluding steroid dienone is 2. The Bertz CT molecular complexity index is 280. The van der Waals surface area contributed by atoms with E-state index in [9.17, 15) is 9.90 Å². The molecule has 3 nitrogen and oxygen atoms in total. The van der Waals surface area contributed by atoms with Crippen LogP contribution in [0.2, 0.25) is 0 Å². The first-order chi connectivity index (χ1) is 8.61. The Kier molecular flexibility index (Phi) is 6.41. The molecule has 0 heterocycles. The van der Waals surface area contributed by atoms with E-state index in [1.54, 1.807) is 0 Å². The average molecular weight is 253 g/mol. The topological polar surface area (TPSA) is 49.3 Å². The molecule has 3 heteroatoms. The van der Waals surface area contributed by atoms with Crippen LogP contribution in [0, 0.1) is 5.92 Å². The van der Waals surface area contributed by atoms with Gasteiger partial charge < -0.3 is 10.4 Å². The highest BCUT2D eigenvalue weighted by Crippen LogP contribution is 2.21. The fraction of sp³-hybridized carbons (Fsp3) is 0.800.